The van der Waals surface area contributed by atoms with E-state index in [9.17, 15) is 27.6 Å². The van der Waals surface area contributed by atoms with Gasteiger partial charge in [0.05, 0.1) is 0 Å². The predicted octanol–water partition coefficient (Wildman–Crippen LogP) is 1.40. The zero-order valence-electron chi connectivity index (χ0n) is 19.7. The molecule has 196 valence electrons. The van der Waals surface area contributed by atoms with Crippen LogP contribution in [0.2, 0.25) is 0 Å². The molecule has 4 amide bonds. The van der Waals surface area contributed by atoms with Crippen molar-refractivity contribution in [1.29, 1.82) is 0 Å². The van der Waals surface area contributed by atoms with Crippen molar-refractivity contribution in [2.24, 2.45) is 11.7 Å². The van der Waals surface area contributed by atoms with Crippen LogP contribution in [0.4, 0.5) is 4.79 Å². The lowest BCUT2D eigenvalue weighted by Crippen LogP contribution is -2.57. The summed E-state index contributed by atoms with van der Waals surface area (Å²) in [5.41, 5.74) is 3.75. The summed E-state index contributed by atoms with van der Waals surface area (Å²) in [5, 5.41) is 4.35. The molecular formula is C23H30N4O7S2. The van der Waals surface area contributed by atoms with Crippen molar-refractivity contribution in [3.8, 4) is 0 Å². The Balaban J connectivity index is 1.58. The number of carbonyl (C=O) groups is 4. The van der Waals surface area contributed by atoms with Crippen molar-refractivity contribution in [3.05, 3.63) is 29.7 Å². The minimum absolute atomic E-state index is 0.00322. The summed E-state index contributed by atoms with van der Waals surface area (Å²) in [5.74, 6) is -2.23. The standard InChI is InChI=1S/C23H30N4O7S2/c24-22(31)34-17-10-5-3-1-2-4-8-15-14-23(15,21(30)26-36(32,33)18-11-7-13-35-18)25-19(28)16-9-6-12-27(16)20(17)29/h4,7-8,11,13,15-17H,1-3,5-6,9-10,12,14H2,(H2,24,31)(H,25,28)(H,26,30)/b8-4-. The van der Waals surface area contributed by atoms with E-state index in [1.54, 1.807) is 11.4 Å². The third kappa shape index (κ3) is 5.56. The monoisotopic (exact) mass is 538 g/mol. The van der Waals surface area contributed by atoms with Crippen molar-refractivity contribution >= 4 is 45.2 Å². The topological polar surface area (TPSA) is 165 Å². The van der Waals surface area contributed by atoms with Gasteiger partial charge in [0, 0.05) is 12.5 Å². The van der Waals surface area contributed by atoms with E-state index < -0.39 is 51.5 Å². The maximum Gasteiger partial charge on any atom is 0.405 e. The molecule has 1 aromatic heterocycles. The third-order valence-corrected chi connectivity index (χ3v) is 9.56. The van der Waals surface area contributed by atoms with Crippen LogP contribution in [0.1, 0.15) is 51.4 Å². The van der Waals surface area contributed by atoms with Crippen molar-refractivity contribution in [3.63, 3.8) is 0 Å². The number of carbonyl (C=O) groups excluding carboxylic acids is 4. The Morgan fingerprint density at radius 2 is 2.00 bits per heavy atom. The molecule has 13 heteroatoms. The number of primary amides is 1. The Hall–Kier alpha value is -2.93. The van der Waals surface area contributed by atoms with E-state index in [-0.39, 0.29) is 16.5 Å². The fourth-order valence-corrected chi connectivity index (χ4v) is 6.89. The fourth-order valence-electron chi connectivity index (χ4n) is 4.86. The molecule has 1 aliphatic carbocycles. The average Bonchev–Trinajstić information content (AvgIpc) is 3.21. The van der Waals surface area contributed by atoms with Gasteiger partial charge in [-0.1, -0.05) is 24.6 Å². The van der Waals surface area contributed by atoms with Gasteiger partial charge in [-0.15, -0.1) is 11.3 Å². The highest BCUT2D eigenvalue weighted by molar-refractivity contribution is 7.92. The maximum absolute atomic E-state index is 13.4. The number of allylic oxidation sites excluding steroid dienone is 1. The highest BCUT2D eigenvalue weighted by atomic mass is 32.2. The smallest absolute Gasteiger partial charge is 0.405 e. The molecule has 0 radical (unpaired) electrons. The van der Waals surface area contributed by atoms with Gasteiger partial charge in [0.25, 0.3) is 21.8 Å². The second-order valence-electron chi connectivity index (χ2n) is 9.32. The Morgan fingerprint density at radius 3 is 2.72 bits per heavy atom. The molecule has 2 fully saturated rings. The number of ether oxygens (including phenoxy) is 1. The van der Waals surface area contributed by atoms with Gasteiger partial charge in [0.15, 0.2) is 6.10 Å². The highest BCUT2D eigenvalue weighted by Crippen LogP contribution is 2.45. The number of thiophene rings is 1. The number of sulfonamides is 1. The molecule has 36 heavy (non-hydrogen) atoms. The molecule has 1 saturated heterocycles. The van der Waals surface area contributed by atoms with Crippen LogP contribution in [0.15, 0.2) is 33.9 Å². The summed E-state index contributed by atoms with van der Waals surface area (Å²) in [7, 11) is -4.09. The Bertz CT molecular complexity index is 1150. The van der Waals surface area contributed by atoms with Crippen LogP contribution < -0.4 is 15.8 Å². The lowest BCUT2D eigenvalue weighted by atomic mass is 10.1. The number of amides is 4. The van der Waals surface area contributed by atoms with Crippen molar-refractivity contribution in [2.45, 2.75) is 73.3 Å². The van der Waals surface area contributed by atoms with Crippen LogP contribution in [-0.2, 0) is 29.1 Å². The first-order valence-electron chi connectivity index (χ1n) is 12.0. The normalized spacial score (nSPS) is 30.1. The van der Waals surface area contributed by atoms with E-state index in [0.717, 1.165) is 24.2 Å². The van der Waals surface area contributed by atoms with Crippen LogP contribution in [0, 0.1) is 5.92 Å². The fraction of sp³-hybridized carbons (Fsp3) is 0.565. The largest absolute Gasteiger partial charge is 0.436 e. The van der Waals surface area contributed by atoms with Crippen LogP contribution >= 0.6 is 11.3 Å². The van der Waals surface area contributed by atoms with Gasteiger partial charge in [0.1, 0.15) is 15.8 Å². The van der Waals surface area contributed by atoms with E-state index in [4.69, 9.17) is 10.5 Å². The molecule has 2 aliphatic heterocycles. The lowest BCUT2D eigenvalue weighted by molar-refractivity contribution is -0.146. The van der Waals surface area contributed by atoms with Gasteiger partial charge >= 0.3 is 6.09 Å². The number of rotatable bonds is 4. The van der Waals surface area contributed by atoms with Crippen LogP contribution in [0.25, 0.3) is 0 Å². The van der Waals surface area contributed by atoms with E-state index in [1.807, 2.05) is 12.2 Å². The molecule has 0 aromatic carbocycles. The Kier molecular flexibility index (Phi) is 7.69. The number of fused-ring (bicyclic) bond motifs is 2. The second-order valence-corrected chi connectivity index (χ2v) is 12.2. The zero-order chi connectivity index (χ0) is 25.9. The highest BCUT2D eigenvalue weighted by Gasteiger charge is 2.61. The zero-order valence-corrected chi connectivity index (χ0v) is 21.3. The SMILES string of the molecule is NC(=O)OC1CCCCC/C=C\C2CC2(C(=O)NS(=O)(=O)c2cccs2)NC(=O)C2CCCN2C1=O. The van der Waals surface area contributed by atoms with Crippen molar-refractivity contribution in [1.82, 2.24) is 14.9 Å². The molecule has 11 nitrogen and oxygen atoms in total. The second kappa shape index (κ2) is 10.6. The Labute approximate surface area is 213 Å². The number of nitrogens with one attached hydrogen (secondary N) is 2. The summed E-state index contributed by atoms with van der Waals surface area (Å²) in [4.78, 5) is 52.6. The minimum atomic E-state index is -4.09. The lowest BCUT2D eigenvalue weighted by Gasteiger charge is -2.29. The molecular weight excluding hydrogens is 508 g/mol. The summed E-state index contributed by atoms with van der Waals surface area (Å²) in [6, 6.07) is 2.09. The van der Waals surface area contributed by atoms with Gasteiger partial charge in [-0.25, -0.2) is 17.9 Å². The van der Waals surface area contributed by atoms with E-state index in [1.165, 1.54) is 11.0 Å². The quantitative estimate of drug-likeness (QED) is 0.488. The average molecular weight is 539 g/mol. The van der Waals surface area contributed by atoms with Crippen molar-refractivity contribution < 1.29 is 32.3 Å². The maximum atomic E-state index is 13.4. The molecule has 4 unspecified atom stereocenters. The molecule has 1 saturated carbocycles. The van der Waals surface area contributed by atoms with Gasteiger partial charge in [-0.05, 0) is 56.4 Å². The molecule has 0 bridgehead atoms. The molecule has 4 atom stereocenters. The minimum Gasteiger partial charge on any atom is -0.436 e. The summed E-state index contributed by atoms with van der Waals surface area (Å²) in [6.45, 7) is 0.296. The predicted molar refractivity (Wildman–Crippen MR) is 130 cm³/mol. The van der Waals surface area contributed by atoms with E-state index >= 15 is 0 Å². The van der Waals surface area contributed by atoms with Crippen molar-refractivity contribution in [2.75, 3.05) is 6.54 Å². The molecule has 4 N–H and O–H groups in total. The number of nitrogens with two attached hydrogens (primary N) is 1. The van der Waals surface area contributed by atoms with Crippen LogP contribution in [0.3, 0.4) is 0 Å². The first-order valence-corrected chi connectivity index (χ1v) is 14.4. The summed E-state index contributed by atoms with van der Waals surface area (Å²) < 4.78 is 32.6. The summed E-state index contributed by atoms with van der Waals surface area (Å²) >= 11 is 0.981. The first kappa shape index (κ1) is 26.1. The number of hydrogen-bond acceptors (Lipinski definition) is 8. The van der Waals surface area contributed by atoms with E-state index in [2.05, 4.69) is 10.0 Å². The molecule has 3 heterocycles. The molecule has 3 aliphatic rings. The third-order valence-electron chi connectivity index (χ3n) is 6.83. The van der Waals surface area contributed by atoms with E-state index in [0.29, 0.717) is 38.6 Å². The summed E-state index contributed by atoms with van der Waals surface area (Å²) in [6.07, 6.45) is 6.03. The van der Waals surface area contributed by atoms with Gasteiger partial charge < -0.3 is 20.7 Å². The molecule has 4 rings (SSSR count). The first-order chi connectivity index (χ1) is 17.1. The Morgan fingerprint density at radius 1 is 1.19 bits per heavy atom. The van der Waals surface area contributed by atoms with Gasteiger partial charge in [-0.2, -0.15) is 0 Å². The number of nitrogens with zero attached hydrogens (tertiary/aromatic N) is 1. The number of hydrogen-bond donors (Lipinski definition) is 3. The molecule has 0 spiro atoms. The molecule has 1 aromatic rings. The van der Waals surface area contributed by atoms with Gasteiger partial charge in [0.2, 0.25) is 5.91 Å². The van der Waals surface area contributed by atoms with Crippen LogP contribution in [0.5, 0.6) is 0 Å². The van der Waals surface area contributed by atoms with Crippen LogP contribution in [-0.4, -0.2) is 61.4 Å². The van der Waals surface area contributed by atoms with Gasteiger partial charge in [-0.3, -0.25) is 14.4 Å².